The second-order valence-corrected chi connectivity index (χ2v) is 7.66. The van der Waals surface area contributed by atoms with Crippen LogP contribution in [0.2, 0.25) is 0 Å². The first-order valence-corrected chi connectivity index (χ1v) is 10.2. The van der Waals surface area contributed by atoms with Crippen molar-refractivity contribution in [2.45, 2.75) is 6.92 Å². The van der Waals surface area contributed by atoms with Crippen LogP contribution in [0.15, 0.2) is 78.6 Å². The van der Waals surface area contributed by atoms with E-state index in [9.17, 15) is 4.79 Å². The lowest BCUT2D eigenvalue weighted by Crippen LogP contribution is -2.08. The molecule has 31 heavy (non-hydrogen) atoms. The number of rotatable bonds is 6. The van der Waals surface area contributed by atoms with Crippen molar-refractivity contribution in [1.29, 1.82) is 0 Å². The van der Waals surface area contributed by atoms with Gasteiger partial charge in [0.2, 0.25) is 5.78 Å². The summed E-state index contributed by atoms with van der Waals surface area (Å²) >= 11 is 0. The molecule has 4 heteroatoms. The quantitative estimate of drug-likeness (QED) is 0.483. The lowest BCUT2D eigenvalue weighted by Gasteiger charge is -2.11. The normalized spacial score (nSPS) is 14.0. The molecule has 0 fully saturated rings. The SMILES string of the molecule is Cc1cc(OC/C=C/c2ccccc2)cc2c1C(=O)/C(=C/c1ccc(N(C)C)cc1)O2. The first-order chi connectivity index (χ1) is 15.0. The maximum absolute atomic E-state index is 12.9. The van der Waals surface area contributed by atoms with Gasteiger partial charge in [0.1, 0.15) is 18.1 Å². The zero-order valence-electron chi connectivity index (χ0n) is 18.0. The molecule has 3 aromatic carbocycles. The Morgan fingerprint density at radius 2 is 1.71 bits per heavy atom. The highest BCUT2D eigenvalue weighted by atomic mass is 16.5. The fourth-order valence-corrected chi connectivity index (χ4v) is 3.47. The first kappa shape index (κ1) is 20.5. The van der Waals surface area contributed by atoms with Crippen molar-refractivity contribution in [1.82, 2.24) is 0 Å². The van der Waals surface area contributed by atoms with Gasteiger partial charge in [-0.3, -0.25) is 4.79 Å². The molecule has 0 amide bonds. The van der Waals surface area contributed by atoms with Gasteiger partial charge in [-0.05, 0) is 54.0 Å². The second-order valence-electron chi connectivity index (χ2n) is 7.66. The third-order valence-electron chi connectivity index (χ3n) is 5.11. The number of benzene rings is 3. The van der Waals surface area contributed by atoms with E-state index in [4.69, 9.17) is 9.47 Å². The largest absolute Gasteiger partial charge is 0.489 e. The molecule has 1 aliphatic rings. The van der Waals surface area contributed by atoms with Crippen LogP contribution in [0.3, 0.4) is 0 Å². The van der Waals surface area contributed by atoms with Gasteiger partial charge in [0.25, 0.3) is 0 Å². The van der Waals surface area contributed by atoms with Gasteiger partial charge in [0.15, 0.2) is 5.76 Å². The van der Waals surface area contributed by atoms with Crippen molar-refractivity contribution in [3.63, 3.8) is 0 Å². The maximum Gasteiger partial charge on any atom is 0.232 e. The molecular formula is C27H25NO3. The highest BCUT2D eigenvalue weighted by molar-refractivity contribution is 6.15. The molecule has 0 saturated heterocycles. The Morgan fingerprint density at radius 3 is 2.42 bits per heavy atom. The van der Waals surface area contributed by atoms with Crippen molar-refractivity contribution >= 4 is 23.6 Å². The third-order valence-corrected chi connectivity index (χ3v) is 5.11. The molecule has 0 saturated carbocycles. The molecule has 0 atom stereocenters. The van der Waals surface area contributed by atoms with Gasteiger partial charge >= 0.3 is 0 Å². The van der Waals surface area contributed by atoms with Gasteiger partial charge in [-0.1, -0.05) is 48.5 Å². The lowest BCUT2D eigenvalue weighted by molar-refractivity contribution is 0.101. The van der Waals surface area contributed by atoms with Gasteiger partial charge in [0, 0.05) is 25.8 Å². The molecule has 4 nitrogen and oxygen atoms in total. The van der Waals surface area contributed by atoms with Crippen LogP contribution < -0.4 is 14.4 Å². The fourth-order valence-electron chi connectivity index (χ4n) is 3.47. The number of ether oxygens (including phenoxy) is 2. The smallest absolute Gasteiger partial charge is 0.232 e. The Kier molecular flexibility index (Phi) is 5.89. The zero-order chi connectivity index (χ0) is 21.8. The molecule has 3 aromatic rings. The number of ketones is 1. The Morgan fingerprint density at radius 1 is 0.968 bits per heavy atom. The average Bonchev–Trinajstić information content (AvgIpc) is 3.08. The molecule has 1 heterocycles. The molecule has 156 valence electrons. The Balaban J connectivity index is 1.47. The van der Waals surface area contributed by atoms with Crippen molar-refractivity contribution in [3.8, 4) is 11.5 Å². The molecular weight excluding hydrogens is 386 g/mol. The number of fused-ring (bicyclic) bond motifs is 1. The number of nitrogens with zero attached hydrogens (tertiary/aromatic N) is 1. The van der Waals surface area contributed by atoms with Crippen LogP contribution in [-0.4, -0.2) is 26.5 Å². The molecule has 0 unspecified atom stereocenters. The van der Waals surface area contributed by atoms with E-state index in [1.165, 1.54) is 0 Å². The first-order valence-electron chi connectivity index (χ1n) is 10.2. The second kappa shape index (κ2) is 8.92. The predicted molar refractivity (Wildman–Crippen MR) is 126 cm³/mol. The summed E-state index contributed by atoms with van der Waals surface area (Å²) in [6.45, 7) is 2.34. The number of hydrogen-bond donors (Lipinski definition) is 0. The van der Waals surface area contributed by atoms with Crippen molar-refractivity contribution in [3.05, 3.63) is 101 Å². The van der Waals surface area contributed by atoms with Crippen molar-refractivity contribution < 1.29 is 14.3 Å². The number of anilines is 1. The molecule has 0 aliphatic carbocycles. The summed E-state index contributed by atoms with van der Waals surface area (Å²) in [5.41, 5.74) is 4.59. The monoisotopic (exact) mass is 411 g/mol. The average molecular weight is 412 g/mol. The molecule has 0 aromatic heterocycles. The summed E-state index contributed by atoms with van der Waals surface area (Å²) in [7, 11) is 3.99. The molecule has 0 spiro atoms. The van der Waals surface area contributed by atoms with E-state index in [0.29, 0.717) is 29.4 Å². The Bertz CT molecular complexity index is 1140. The zero-order valence-corrected chi connectivity index (χ0v) is 18.0. The lowest BCUT2D eigenvalue weighted by atomic mass is 10.0. The summed E-state index contributed by atoms with van der Waals surface area (Å²) in [6, 6.07) is 21.7. The minimum Gasteiger partial charge on any atom is -0.489 e. The highest BCUT2D eigenvalue weighted by Crippen LogP contribution is 2.37. The van der Waals surface area contributed by atoms with Crippen LogP contribution in [0, 0.1) is 6.92 Å². The van der Waals surface area contributed by atoms with E-state index in [1.807, 2.05) is 98.7 Å². The number of aryl methyl sites for hydroxylation is 1. The fraction of sp³-hybridized carbons (Fsp3) is 0.148. The van der Waals surface area contributed by atoms with E-state index < -0.39 is 0 Å². The van der Waals surface area contributed by atoms with E-state index in [0.717, 1.165) is 22.4 Å². The van der Waals surface area contributed by atoms with Crippen LogP contribution in [0.25, 0.3) is 12.2 Å². The van der Waals surface area contributed by atoms with Crippen LogP contribution in [0.1, 0.15) is 27.0 Å². The molecule has 1 aliphatic heterocycles. The summed E-state index contributed by atoms with van der Waals surface area (Å²) in [5.74, 6) is 1.46. The van der Waals surface area contributed by atoms with Crippen molar-refractivity contribution in [2.24, 2.45) is 0 Å². The standard InChI is InChI=1S/C27H25NO3/c1-19-16-23(30-15-7-10-20-8-5-4-6-9-20)18-24-26(19)27(29)25(31-24)17-21-11-13-22(14-12-21)28(2)3/h4-14,16-18H,15H2,1-3H3/b10-7+,25-17-. The minimum absolute atomic E-state index is 0.0975. The number of hydrogen-bond acceptors (Lipinski definition) is 4. The Hall–Kier alpha value is -3.79. The number of allylic oxidation sites excluding steroid dienone is 1. The van der Waals surface area contributed by atoms with Crippen LogP contribution in [-0.2, 0) is 0 Å². The summed E-state index contributed by atoms with van der Waals surface area (Å²) in [6.07, 6.45) is 5.76. The van der Waals surface area contributed by atoms with Gasteiger partial charge < -0.3 is 14.4 Å². The van der Waals surface area contributed by atoms with E-state index >= 15 is 0 Å². The van der Waals surface area contributed by atoms with Gasteiger partial charge in [-0.25, -0.2) is 0 Å². The predicted octanol–water partition coefficient (Wildman–Crippen LogP) is 5.77. The molecule has 0 radical (unpaired) electrons. The van der Waals surface area contributed by atoms with Crippen LogP contribution in [0.5, 0.6) is 11.5 Å². The number of carbonyl (C=O) groups excluding carboxylic acids is 1. The summed E-state index contributed by atoms with van der Waals surface area (Å²) in [4.78, 5) is 14.9. The van der Waals surface area contributed by atoms with Gasteiger partial charge in [0.05, 0.1) is 5.56 Å². The van der Waals surface area contributed by atoms with E-state index in [1.54, 1.807) is 12.1 Å². The van der Waals surface area contributed by atoms with E-state index in [2.05, 4.69) is 0 Å². The molecule has 0 bridgehead atoms. The van der Waals surface area contributed by atoms with Crippen LogP contribution >= 0.6 is 0 Å². The van der Waals surface area contributed by atoms with Gasteiger partial charge in [-0.15, -0.1) is 0 Å². The molecule has 4 rings (SSSR count). The van der Waals surface area contributed by atoms with E-state index in [-0.39, 0.29) is 5.78 Å². The highest BCUT2D eigenvalue weighted by Gasteiger charge is 2.30. The number of carbonyl (C=O) groups is 1. The van der Waals surface area contributed by atoms with Gasteiger partial charge in [-0.2, -0.15) is 0 Å². The van der Waals surface area contributed by atoms with Crippen molar-refractivity contribution in [2.75, 3.05) is 25.6 Å². The third kappa shape index (κ3) is 4.69. The summed E-state index contributed by atoms with van der Waals surface area (Å²) < 4.78 is 11.8. The maximum atomic E-state index is 12.9. The Labute approximate surface area is 183 Å². The topological polar surface area (TPSA) is 38.8 Å². The van der Waals surface area contributed by atoms with Crippen LogP contribution in [0.4, 0.5) is 5.69 Å². The summed E-state index contributed by atoms with van der Waals surface area (Å²) in [5, 5.41) is 0. The number of Topliss-reactive ketones (excluding diaryl/α,β-unsaturated/α-hetero) is 1. The minimum atomic E-state index is -0.0975. The molecule has 0 N–H and O–H groups in total.